The van der Waals surface area contributed by atoms with Gasteiger partial charge < -0.3 is 0 Å². The molecule has 0 unspecified atom stereocenters. The first-order chi connectivity index (χ1) is 13.4. The molecule has 28 heavy (non-hydrogen) atoms. The Hall–Kier alpha value is -2.51. The second-order valence-corrected chi connectivity index (χ2v) is 9.54. The molecule has 7 heteroatoms. The van der Waals surface area contributed by atoms with E-state index in [0.717, 1.165) is 11.3 Å². The molecule has 3 rings (SSSR count). The van der Waals surface area contributed by atoms with Gasteiger partial charge in [-0.1, -0.05) is 48.5 Å². The van der Waals surface area contributed by atoms with E-state index in [9.17, 15) is 13.2 Å². The van der Waals surface area contributed by atoms with Gasteiger partial charge in [0.25, 0.3) is 0 Å². The first-order valence-corrected chi connectivity index (χ1v) is 11.7. The van der Waals surface area contributed by atoms with Gasteiger partial charge >= 0.3 is 0 Å². The van der Waals surface area contributed by atoms with Gasteiger partial charge in [-0.15, -0.1) is 11.3 Å². The second kappa shape index (κ2) is 9.12. The fraction of sp³-hybridized carbons (Fsp3) is 0.238. The number of nitrogens with zero attached hydrogens (tertiary/aromatic N) is 2. The first-order valence-electron chi connectivity index (χ1n) is 8.99. The van der Waals surface area contributed by atoms with Crippen LogP contribution in [0.25, 0.3) is 0 Å². The van der Waals surface area contributed by atoms with Gasteiger partial charge in [0.2, 0.25) is 5.91 Å². The van der Waals surface area contributed by atoms with Gasteiger partial charge in [-0.05, 0) is 37.5 Å². The normalized spacial score (nSPS) is 11.3. The topological polar surface area (TPSA) is 67.3 Å². The third-order valence-corrected chi connectivity index (χ3v) is 6.71. The number of para-hydroxylation sites is 1. The number of aryl methyl sites for hydroxylation is 2. The SMILES string of the molecule is Cc1csc(N(C(=O)CS(=O)(=O)CCCc2ccccc2)c2ccccc2)n1. The van der Waals surface area contributed by atoms with E-state index in [0.29, 0.717) is 23.7 Å². The minimum Gasteiger partial charge on any atom is -0.273 e. The van der Waals surface area contributed by atoms with Crippen LogP contribution in [0.4, 0.5) is 10.8 Å². The lowest BCUT2D eigenvalue weighted by atomic mass is 10.1. The van der Waals surface area contributed by atoms with Crippen LogP contribution in [0.5, 0.6) is 0 Å². The summed E-state index contributed by atoms with van der Waals surface area (Å²) < 4.78 is 25.1. The van der Waals surface area contributed by atoms with E-state index in [-0.39, 0.29) is 5.75 Å². The number of aromatic nitrogens is 1. The molecule has 3 aromatic rings. The van der Waals surface area contributed by atoms with E-state index in [4.69, 9.17) is 0 Å². The Balaban J connectivity index is 1.70. The molecule has 2 aromatic carbocycles. The van der Waals surface area contributed by atoms with E-state index >= 15 is 0 Å². The van der Waals surface area contributed by atoms with E-state index < -0.39 is 21.5 Å². The predicted octanol–water partition coefficient (Wildman–Crippen LogP) is 4.16. The van der Waals surface area contributed by atoms with Crippen LogP contribution in [0, 0.1) is 6.92 Å². The summed E-state index contributed by atoms with van der Waals surface area (Å²) in [5, 5.41) is 2.32. The second-order valence-electron chi connectivity index (χ2n) is 6.52. The van der Waals surface area contributed by atoms with Crippen LogP contribution in [0.2, 0.25) is 0 Å². The van der Waals surface area contributed by atoms with Crippen molar-refractivity contribution in [3.63, 3.8) is 0 Å². The highest BCUT2D eigenvalue weighted by Crippen LogP contribution is 2.28. The number of anilines is 2. The number of amides is 1. The summed E-state index contributed by atoms with van der Waals surface area (Å²) in [6.45, 7) is 1.84. The van der Waals surface area contributed by atoms with Crippen molar-refractivity contribution in [2.75, 3.05) is 16.4 Å². The maximum Gasteiger partial charge on any atom is 0.248 e. The Bertz CT molecular complexity index is 1020. The number of hydrogen-bond donors (Lipinski definition) is 0. The molecule has 0 aliphatic carbocycles. The molecule has 1 aromatic heterocycles. The Morgan fingerprint density at radius 2 is 1.68 bits per heavy atom. The summed E-state index contributed by atoms with van der Waals surface area (Å²) in [5.41, 5.74) is 2.49. The lowest BCUT2D eigenvalue weighted by Gasteiger charge is -2.20. The standard InChI is InChI=1S/C21H22N2O3S2/c1-17-15-27-21(22-17)23(19-12-6-3-7-13-19)20(24)16-28(25,26)14-8-11-18-9-4-2-5-10-18/h2-7,9-10,12-13,15H,8,11,14,16H2,1H3. The predicted molar refractivity (Wildman–Crippen MR) is 114 cm³/mol. The summed E-state index contributed by atoms with van der Waals surface area (Å²) >= 11 is 1.32. The number of sulfone groups is 1. The number of thiazole rings is 1. The van der Waals surface area contributed by atoms with Crippen LogP contribution < -0.4 is 4.90 Å². The number of hydrogen-bond acceptors (Lipinski definition) is 5. The van der Waals surface area contributed by atoms with Gasteiger partial charge in [-0.2, -0.15) is 0 Å². The fourth-order valence-corrected chi connectivity index (χ4v) is 4.92. The molecule has 0 aliphatic rings. The molecule has 0 fully saturated rings. The molecular formula is C21H22N2O3S2. The van der Waals surface area contributed by atoms with Crippen LogP contribution in [0.1, 0.15) is 17.7 Å². The smallest absolute Gasteiger partial charge is 0.248 e. The molecule has 0 saturated heterocycles. The minimum atomic E-state index is -3.52. The molecule has 1 amide bonds. The molecule has 1 heterocycles. The lowest BCUT2D eigenvalue weighted by Crippen LogP contribution is -2.33. The molecule has 0 N–H and O–H groups in total. The van der Waals surface area contributed by atoms with Gasteiger partial charge in [0.05, 0.1) is 17.1 Å². The lowest BCUT2D eigenvalue weighted by molar-refractivity contribution is -0.115. The van der Waals surface area contributed by atoms with Crippen molar-refractivity contribution in [1.82, 2.24) is 4.98 Å². The van der Waals surface area contributed by atoms with Crippen molar-refractivity contribution in [1.29, 1.82) is 0 Å². The van der Waals surface area contributed by atoms with Gasteiger partial charge in [0.1, 0.15) is 5.75 Å². The molecule has 5 nitrogen and oxygen atoms in total. The van der Waals surface area contributed by atoms with Gasteiger partial charge in [-0.25, -0.2) is 13.4 Å². The average Bonchev–Trinajstić information content (AvgIpc) is 3.09. The number of carbonyl (C=O) groups is 1. The highest BCUT2D eigenvalue weighted by Gasteiger charge is 2.26. The van der Waals surface area contributed by atoms with Gasteiger partial charge in [-0.3, -0.25) is 9.69 Å². The summed E-state index contributed by atoms with van der Waals surface area (Å²) in [4.78, 5) is 18.7. The largest absolute Gasteiger partial charge is 0.273 e. The molecule has 0 spiro atoms. The summed E-state index contributed by atoms with van der Waals surface area (Å²) in [5.74, 6) is -1.04. The zero-order valence-corrected chi connectivity index (χ0v) is 17.2. The van der Waals surface area contributed by atoms with Crippen molar-refractivity contribution < 1.29 is 13.2 Å². The number of carbonyl (C=O) groups excluding carboxylic acids is 1. The summed E-state index contributed by atoms with van der Waals surface area (Å²) in [7, 11) is -3.52. The van der Waals surface area contributed by atoms with E-state index in [1.165, 1.54) is 16.2 Å². The molecule has 0 aliphatic heterocycles. The van der Waals surface area contributed by atoms with Crippen molar-refractivity contribution in [3.05, 3.63) is 77.3 Å². The first kappa shape index (κ1) is 20.2. The minimum absolute atomic E-state index is 0.0207. The highest BCUT2D eigenvalue weighted by molar-refractivity contribution is 7.92. The van der Waals surface area contributed by atoms with E-state index in [2.05, 4.69) is 4.98 Å². The molecule has 0 bridgehead atoms. The Labute approximate surface area is 169 Å². The molecule has 146 valence electrons. The fourth-order valence-electron chi connectivity index (χ4n) is 2.85. The van der Waals surface area contributed by atoms with Crippen LogP contribution >= 0.6 is 11.3 Å². The third kappa shape index (κ3) is 5.50. The van der Waals surface area contributed by atoms with Crippen LogP contribution in [-0.2, 0) is 21.1 Å². The number of benzene rings is 2. The third-order valence-electron chi connectivity index (χ3n) is 4.17. The molecule has 0 radical (unpaired) electrons. The Kier molecular flexibility index (Phi) is 6.59. The van der Waals surface area contributed by atoms with E-state index in [1.54, 1.807) is 12.1 Å². The Morgan fingerprint density at radius 1 is 1.04 bits per heavy atom. The zero-order chi connectivity index (χ0) is 20.0. The summed E-state index contributed by atoms with van der Waals surface area (Å²) in [6, 6.07) is 18.8. The van der Waals surface area contributed by atoms with Crippen LogP contribution in [-0.4, -0.2) is 30.8 Å². The average molecular weight is 415 g/mol. The van der Waals surface area contributed by atoms with Crippen LogP contribution in [0.15, 0.2) is 66.0 Å². The van der Waals surface area contributed by atoms with E-state index in [1.807, 2.05) is 60.8 Å². The monoisotopic (exact) mass is 414 g/mol. The summed E-state index contributed by atoms with van der Waals surface area (Å²) in [6.07, 6.45) is 1.16. The van der Waals surface area contributed by atoms with Gasteiger partial charge in [0.15, 0.2) is 15.0 Å². The molecule has 0 atom stereocenters. The molecular weight excluding hydrogens is 392 g/mol. The van der Waals surface area contributed by atoms with Crippen molar-refractivity contribution in [2.24, 2.45) is 0 Å². The quantitative estimate of drug-likeness (QED) is 0.555. The Morgan fingerprint density at radius 3 is 2.29 bits per heavy atom. The van der Waals surface area contributed by atoms with Crippen molar-refractivity contribution >= 4 is 37.9 Å². The number of rotatable bonds is 8. The maximum atomic E-state index is 12.9. The van der Waals surface area contributed by atoms with Crippen molar-refractivity contribution in [2.45, 2.75) is 19.8 Å². The van der Waals surface area contributed by atoms with Crippen molar-refractivity contribution in [3.8, 4) is 0 Å². The molecule has 0 saturated carbocycles. The van der Waals surface area contributed by atoms with Crippen LogP contribution in [0.3, 0.4) is 0 Å². The maximum absolute atomic E-state index is 12.9. The van der Waals surface area contributed by atoms with Gasteiger partial charge in [0, 0.05) is 5.38 Å². The highest BCUT2D eigenvalue weighted by atomic mass is 32.2. The zero-order valence-electron chi connectivity index (χ0n) is 15.6.